The van der Waals surface area contributed by atoms with Gasteiger partial charge in [0.15, 0.2) is 11.0 Å². The molecule has 2 aromatic heterocycles. The van der Waals surface area contributed by atoms with Gasteiger partial charge in [-0.15, -0.1) is 6.42 Å². The van der Waals surface area contributed by atoms with Crippen molar-refractivity contribution in [2.24, 2.45) is 7.05 Å². The Morgan fingerprint density at radius 2 is 1.88 bits per heavy atom. The highest BCUT2D eigenvalue weighted by molar-refractivity contribution is 7.89. The summed E-state index contributed by atoms with van der Waals surface area (Å²) in [5, 5.41) is 3.21. The average Bonchev–Trinajstić information content (AvgIpc) is 3.44. The zero-order valence-electron chi connectivity index (χ0n) is 17.5. The molecule has 2 N–H and O–H groups in total. The molecule has 166 valence electrons. The normalized spacial score (nSPS) is 11.2. The molecule has 0 spiro atoms. The highest BCUT2D eigenvalue weighted by Gasteiger charge is 2.20. The molecule has 2 heterocycles. The van der Waals surface area contributed by atoms with Crippen molar-refractivity contribution in [1.82, 2.24) is 19.3 Å². The zero-order valence-corrected chi connectivity index (χ0v) is 19.2. The van der Waals surface area contributed by atoms with Crippen molar-refractivity contribution in [2.45, 2.75) is 4.90 Å². The van der Waals surface area contributed by atoms with Gasteiger partial charge in [0.25, 0.3) is 5.91 Å². The van der Waals surface area contributed by atoms with Crippen molar-refractivity contribution in [3.05, 3.63) is 72.6 Å². The van der Waals surface area contributed by atoms with E-state index in [-0.39, 0.29) is 11.4 Å². The van der Waals surface area contributed by atoms with Crippen LogP contribution in [0.25, 0.3) is 22.0 Å². The van der Waals surface area contributed by atoms with Crippen molar-refractivity contribution in [1.29, 1.82) is 0 Å². The smallest absolute Gasteiger partial charge is 0.257 e. The van der Waals surface area contributed by atoms with E-state index < -0.39 is 15.9 Å². The Bertz CT molecular complexity index is 1430. The molecule has 0 unspecified atom stereocenters. The van der Waals surface area contributed by atoms with E-state index in [1.165, 1.54) is 35.6 Å². The first kappa shape index (κ1) is 22.4. The molecule has 10 heteroatoms. The summed E-state index contributed by atoms with van der Waals surface area (Å²) in [4.78, 5) is 22.7. The molecule has 0 atom stereocenters. The minimum absolute atomic E-state index is 0.0204. The number of hydrogen-bond acceptors (Lipinski definition) is 6. The molecule has 0 bridgehead atoms. The third kappa shape index (κ3) is 4.85. The van der Waals surface area contributed by atoms with Crippen LogP contribution in [0.1, 0.15) is 10.4 Å². The fourth-order valence-electron chi connectivity index (χ4n) is 3.08. The molecular formula is C23H19N5O3S2. The predicted octanol–water partition coefficient (Wildman–Crippen LogP) is 3.37. The molecule has 4 rings (SSSR count). The molecule has 0 saturated heterocycles. The van der Waals surface area contributed by atoms with E-state index in [1.807, 2.05) is 48.1 Å². The molecule has 0 aliphatic carbocycles. The minimum Gasteiger partial charge on any atom is -0.333 e. The molecule has 8 nitrogen and oxygen atoms in total. The zero-order chi connectivity index (χ0) is 23.4. The molecule has 0 aliphatic rings. The molecular weight excluding hydrogens is 458 g/mol. The summed E-state index contributed by atoms with van der Waals surface area (Å²) < 4.78 is 28.5. The van der Waals surface area contributed by atoms with E-state index in [1.54, 1.807) is 6.20 Å². The van der Waals surface area contributed by atoms with Crippen molar-refractivity contribution in [3.63, 3.8) is 0 Å². The lowest BCUT2D eigenvalue weighted by Gasteiger charge is -2.05. The summed E-state index contributed by atoms with van der Waals surface area (Å²) in [6.07, 6.45) is 8.65. The summed E-state index contributed by atoms with van der Waals surface area (Å²) in [5.74, 6) is 2.55. The number of aryl methyl sites for hydroxylation is 1. The molecule has 0 fully saturated rings. The minimum atomic E-state index is -3.73. The van der Waals surface area contributed by atoms with Crippen molar-refractivity contribution in [2.75, 3.05) is 11.9 Å². The first-order chi connectivity index (χ1) is 15.9. The number of benzene rings is 2. The number of carbonyl (C=O) groups is 1. The standard InChI is InChI=1S/C23H19N5O3S2/c1-3-13-25-33(30,31)18-11-9-17(10-12-18)22(29)27-23-26-19(16-7-5-4-6-8-16)20(32-23)21-24-14-15-28(21)2/h1,4-12,14-15,25H,13H2,2H3,(H,26,27,29). The van der Waals surface area contributed by atoms with E-state index in [2.05, 4.69) is 25.9 Å². The lowest BCUT2D eigenvalue weighted by molar-refractivity contribution is 0.102. The molecule has 0 saturated carbocycles. The number of anilines is 1. The van der Waals surface area contributed by atoms with Gasteiger partial charge in [0.1, 0.15) is 0 Å². The fraction of sp³-hybridized carbons (Fsp3) is 0.0870. The van der Waals surface area contributed by atoms with Gasteiger partial charge in [-0.1, -0.05) is 47.6 Å². The Kier molecular flexibility index (Phi) is 6.37. The van der Waals surface area contributed by atoms with Crippen LogP contribution in [-0.4, -0.2) is 35.4 Å². The van der Waals surface area contributed by atoms with E-state index in [4.69, 9.17) is 6.42 Å². The van der Waals surface area contributed by atoms with Crippen LogP contribution >= 0.6 is 11.3 Å². The van der Waals surface area contributed by atoms with Gasteiger partial charge in [-0.05, 0) is 24.3 Å². The van der Waals surface area contributed by atoms with Gasteiger partial charge < -0.3 is 4.57 Å². The van der Waals surface area contributed by atoms with Crippen LogP contribution in [0.5, 0.6) is 0 Å². The summed E-state index contributed by atoms with van der Waals surface area (Å²) >= 11 is 1.31. The highest BCUT2D eigenvalue weighted by Crippen LogP contribution is 2.38. The van der Waals surface area contributed by atoms with E-state index in [0.29, 0.717) is 16.4 Å². The number of sulfonamides is 1. The molecule has 33 heavy (non-hydrogen) atoms. The van der Waals surface area contributed by atoms with Gasteiger partial charge in [-0.25, -0.2) is 18.4 Å². The van der Waals surface area contributed by atoms with Crippen molar-refractivity contribution in [3.8, 4) is 34.3 Å². The summed E-state index contributed by atoms with van der Waals surface area (Å²) in [6, 6.07) is 15.2. The molecule has 1 amide bonds. The number of nitrogens with one attached hydrogen (secondary N) is 2. The lowest BCUT2D eigenvalue weighted by atomic mass is 10.1. The summed E-state index contributed by atoms with van der Waals surface area (Å²) in [5.41, 5.74) is 1.91. The average molecular weight is 478 g/mol. The molecule has 2 aromatic carbocycles. The number of nitrogens with zero attached hydrogens (tertiary/aromatic N) is 3. The van der Waals surface area contributed by atoms with E-state index >= 15 is 0 Å². The number of hydrogen-bond donors (Lipinski definition) is 2. The van der Waals surface area contributed by atoms with Crippen LogP contribution in [0.2, 0.25) is 0 Å². The Balaban J connectivity index is 1.61. The van der Waals surface area contributed by atoms with Gasteiger partial charge in [0.05, 0.1) is 22.0 Å². The molecule has 0 radical (unpaired) electrons. The number of terminal acetylenes is 1. The SMILES string of the molecule is C#CCNS(=O)(=O)c1ccc(C(=O)Nc2nc(-c3ccccc3)c(-c3nccn3C)s2)cc1. The summed E-state index contributed by atoms with van der Waals surface area (Å²) in [7, 11) is -1.84. The number of carbonyl (C=O) groups excluding carboxylic acids is 1. The maximum absolute atomic E-state index is 12.8. The number of thiazole rings is 1. The number of imidazole rings is 1. The van der Waals surface area contributed by atoms with Gasteiger partial charge in [0.2, 0.25) is 10.0 Å². The van der Waals surface area contributed by atoms with Crippen molar-refractivity contribution < 1.29 is 13.2 Å². The Labute approximate surface area is 195 Å². The van der Waals surface area contributed by atoms with Gasteiger partial charge in [0, 0.05) is 30.6 Å². The fourth-order valence-corrected chi connectivity index (χ4v) is 5.03. The molecule has 4 aromatic rings. The monoisotopic (exact) mass is 477 g/mol. The third-order valence-corrected chi connectivity index (χ3v) is 7.09. The Morgan fingerprint density at radius 3 is 2.52 bits per heavy atom. The third-order valence-electron chi connectivity index (χ3n) is 4.71. The van der Waals surface area contributed by atoms with Crippen molar-refractivity contribution >= 4 is 32.4 Å². The van der Waals surface area contributed by atoms with Crippen LogP contribution in [0.3, 0.4) is 0 Å². The Morgan fingerprint density at radius 1 is 1.15 bits per heavy atom. The number of amides is 1. The van der Waals surface area contributed by atoms with E-state index in [0.717, 1.165) is 16.3 Å². The first-order valence-corrected chi connectivity index (χ1v) is 12.1. The van der Waals surface area contributed by atoms with Crippen LogP contribution in [0.4, 0.5) is 5.13 Å². The Hall–Kier alpha value is -3.78. The summed E-state index contributed by atoms with van der Waals surface area (Å²) in [6.45, 7) is -0.114. The quantitative estimate of drug-likeness (QED) is 0.397. The van der Waals surface area contributed by atoms with Crippen LogP contribution in [0.15, 0.2) is 71.9 Å². The lowest BCUT2D eigenvalue weighted by Crippen LogP contribution is -2.24. The number of aromatic nitrogens is 3. The first-order valence-electron chi connectivity index (χ1n) is 9.77. The maximum Gasteiger partial charge on any atom is 0.257 e. The van der Waals surface area contributed by atoms with Crippen LogP contribution < -0.4 is 10.0 Å². The van der Waals surface area contributed by atoms with Gasteiger partial charge >= 0.3 is 0 Å². The van der Waals surface area contributed by atoms with Gasteiger partial charge in [-0.2, -0.15) is 4.72 Å². The largest absolute Gasteiger partial charge is 0.333 e. The predicted molar refractivity (Wildman–Crippen MR) is 128 cm³/mol. The maximum atomic E-state index is 12.8. The second-order valence-electron chi connectivity index (χ2n) is 6.93. The van der Waals surface area contributed by atoms with Crippen LogP contribution in [-0.2, 0) is 17.1 Å². The molecule has 0 aliphatic heterocycles. The topological polar surface area (TPSA) is 106 Å². The van der Waals surface area contributed by atoms with E-state index in [9.17, 15) is 13.2 Å². The second-order valence-corrected chi connectivity index (χ2v) is 9.70. The number of rotatable bonds is 7. The van der Waals surface area contributed by atoms with Crippen LogP contribution in [0, 0.1) is 12.3 Å². The second kappa shape index (κ2) is 9.38. The highest BCUT2D eigenvalue weighted by atomic mass is 32.2. The van der Waals surface area contributed by atoms with Gasteiger partial charge in [-0.3, -0.25) is 10.1 Å².